The fraction of sp³-hybridized carbons (Fsp3) is 0.667. The Balaban J connectivity index is 2.12. The molecule has 0 aliphatic heterocycles. The van der Waals surface area contributed by atoms with Gasteiger partial charge in [0.2, 0.25) is 0 Å². The molecule has 0 aliphatic carbocycles. The topological polar surface area (TPSA) is 118 Å². The highest BCUT2D eigenvalue weighted by molar-refractivity contribution is 7.89. The van der Waals surface area contributed by atoms with Gasteiger partial charge >= 0.3 is 0 Å². The van der Waals surface area contributed by atoms with Crippen molar-refractivity contribution in [2.45, 2.75) is 165 Å². The van der Waals surface area contributed by atoms with Crippen LogP contribution in [0, 0.1) is 0 Å². The summed E-state index contributed by atoms with van der Waals surface area (Å²) in [7, 11) is -9.95. The molecule has 9 heteroatoms. The van der Waals surface area contributed by atoms with Gasteiger partial charge in [-0.1, -0.05) is 148 Å². The second-order valence-corrected chi connectivity index (χ2v) is 15.1. The minimum Gasteiger partial charge on any atom is -0.456 e. The van der Waals surface area contributed by atoms with Crippen molar-refractivity contribution in [3.8, 4) is 11.5 Å². The van der Waals surface area contributed by atoms with E-state index in [1.54, 1.807) is 6.07 Å². The zero-order chi connectivity index (χ0) is 33.0. The highest BCUT2D eigenvalue weighted by Crippen LogP contribution is 2.37. The first kappa shape index (κ1) is 39.2. The fourth-order valence-corrected chi connectivity index (χ4v) is 7.87. The Labute approximate surface area is 274 Å². The highest BCUT2D eigenvalue weighted by atomic mass is 32.2. The first-order chi connectivity index (χ1) is 21.6. The zero-order valence-electron chi connectivity index (χ0n) is 27.8. The molecule has 0 fully saturated rings. The standard InChI is InChI=1S/C36H58O7S2/c1-3-5-7-9-11-13-15-17-19-21-25-31-26-23-28-33(32(31)27-22-20-18-16-14-12-10-8-6-4-2)43-34-29-24-30-35(44(37,38)39)36(34)45(40,41)42/h23-24,26,28-30H,3-22,25,27H2,1-2H3,(H,37,38,39)(H,40,41,42). The molecule has 0 saturated heterocycles. The van der Waals surface area contributed by atoms with Gasteiger partial charge in [0.25, 0.3) is 20.2 Å². The molecular weight excluding hydrogens is 609 g/mol. The van der Waals surface area contributed by atoms with E-state index in [1.165, 1.54) is 108 Å². The highest BCUT2D eigenvalue weighted by Gasteiger charge is 2.29. The van der Waals surface area contributed by atoms with Gasteiger partial charge in [0, 0.05) is 0 Å². The Morgan fingerprint density at radius 3 is 1.40 bits per heavy atom. The summed E-state index contributed by atoms with van der Waals surface area (Å²) >= 11 is 0. The summed E-state index contributed by atoms with van der Waals surface area (Å²) in [6.45, 7) is 4.47. The first-order valence-corrected chi connectivity index (χ1v) is 20.3. The first-order valence-electron chi connectivity index (χ1n) is 17.5. The van der Waals surface area contributed by atoms with E-state index < -0.39 is 30.0 Å². The predicted octanol–water partition coefficient (Wildman–Crippen LogP) is 10.9. The summed E-state index contributed by atoms with van der Waals surface area (Å²) in [6.07, 6.45) is 26.3. The SMILES string of the molecule is CCCCCCCCCCCCc1cccc(Oc2cccc(S(=O)(=O)O)c2S(=O)(=O)O)c1CCCCCCCCCCCC. The van der Waals surface area contributed by atoms with Crippen LogP contribution in [-0.4, -0.2) is 25.9 Å². The molecule has 0 spiro atoms. The largest absolute Gasteiger partial charge is 0.456 e. The van der Waals surface area contributed by atoms with Gasteiger partial charge < -0.3 is 4.74 Å². The van der Waals surface area contributed by atoms with E-state index >= 15 is 0 Å². The molecule has 45 heavy (non-hydrogen) atoms. The molecule has 0 heterocycles. The molecule has 0 amide bonds. The number of ether oxygens (including phenoxy) is 1. The third-order valence-electron chi connectivity index (χ3n) is 8.51. The number of aryl methyl sites for hydroxylation is 1. The van der Waals surface area contributed by atoms with Gasteiger partial charge in [-0.25, -0.2) is 0 Å². The van der Waals surface area contributed by atoms with E-state index in [4.69, 9.17) is 4.74 Å². The quantitative estimate of drug-likeness (QED) is 0.0757. The van der Waals surface area contributed by atoms with Crippen LogP contribution in [0.2, 0.25) is 0 Å². The van der Waals surface area contributed by atoms with Gasteiger partial charge in [0.05, 0.1) is 0 Å². The Morgan fingerprint density at radius 2 is 0.933 bits per heavy atom. The van der Waals surface area contributed by atoms with Gasteiger partial charge in [-0.2, -0.15) is 16.8 Å². The van der Waals surface area contributed by atoms with Crippen molar-refractivity contribution in [2.75, 3.05) is 0 Å². The summed E-state index contributed by atoms with van der Waals surface area (Å²) in [6, 6.07) is 9.20. The van der Waals surface area contributed by atoms with Crippen LogP contribution >= 0.6 is 0 Å². The molecule has 0 saturated carbocycles. The minimum absolute atomic E-state index is 0.340. The van der Waals surface area contributed by atoms with Crippen molar-refractivity contribution < 1.29 is 30.7 Å². The molecule has 0 bridgehead atoms. The summed E-state index contributed by atoms with van der Waals surface area (Å²) in [4.78, 5) is -1.88. The van der Waals surface area contributed by atoms with E-state index in [0.29, 0.717) is 5.75 Å². The monoisotopic (exact) mass is 666 g/mol. The van der Waals surface area contributed by atoms with Crippen molar-refractivity contribution in [1.82, 2.24) is 0 Å². The van der Waals surface area contributed by atoms with Crippen molar-refractivity contribution in [2.24, 2.45) is 0 Å². The van der Waals surface area contributed by atoms with E-state index in [1.807, 2.05) is 6.07 Å². The Hall–Kier alpha value is -1.94. The number of benzene rings is 2. The average molecular weight is 667 g/mol. The Kier molecular flexibility index (Phi) is 19.0. The predicted molar refractivity (Wildman–Crippen MR) is 184 cm³/mol. The molecule has 0 aromatic heterocycles. The lowest BCUT2D eigenvalue weighted by atomic mass is 9.95. The lowest BCUT2D eigenvalue weighted by molar-refractivity contribution is 0.433. The van der Waals surface area contributed by atoms with Crippen LogP contribution in [0.4, 0.5) is 0 Å². The lowest BCUT2D eigenvalue weighted by Crippen LogP contribution is -2.10. The van der Waals surface area contributed by atoms with Crippen LogP contribution in [0.5, 0.6) is 11.5 Å². The maximum absolute atomic E-state index is 12.2. The molecule has 7 nitrogen and oxygen atoms in total. The van der Waals surface area contributed by atoms with Gasteiger partial charge in [-0.3, -0.25) is 9.11 Å². The summed E-state index contributed by atoms with van der Waals surface area (Å²) < 4.78 is 74.0. The van der Waals surface area contributed by atoms with Crippen molar-refractivity contribution in [3.63, 3.8) is 0 Å². The number of rotatable bonds is 26. The van der Waals surface area contributed by atoms with E-state index in [0.717, 1.165) is 62.1 Å². The zero-order valence-corrected chi connectivity index (χ0v) is 29.4. The van der Waals surface area contributed by atoms with Gasteiger partial charge in [0.15, 0.2) is 4.90 Å². The Morgan fingerprint density at radius 1 is 0.511 bits per heavy atom. The van der Waals surface area contributed by atoms with Gasteiger partial charge in [-0.15, -0.1) is 0 Å². The third-order valence-corrected chi connectivity index (χ3v) is 10.5. The van der Waals surface area contributed by atoms with Crippen LogP contribution < -0.4 is 4.74 Å². The van der Waals surface area contributed by atoms with E-state index in [-0.39, 0.29) is 5.75 Å². The fourth-order valence-electron chi connectivity index (χ4n) is 5.97. The number of hydrogen-bond acceptors (Lipinski definition) is 5. The molecule has 0 radical (unpaired) electrons. The molecule has 2 N–H and O–H groups in total. The summed E-state index contributed by atoms with van der Waals surface area (Å²) in [5, 5.41) is 0. The Bertz CT molecular complexity index is 1320. The van der Waals surface area contributed by atoms with Gasteiger partial charge in [-0.05, 0) is 55.0 Å². The van der Waals surface area contributed by atoms with Gasteiger partial charge in [0.1, 0.15) is 16.4 Å². The molecule has 2 aromatic carbocycles. The molecule has 0 unspecified atom stereocenters. The van der Waals surface area contributed by atoms with E-state index in [9.17, 15) is 25.9 Å². The maximum atomic E-state index is 12.2. The number of unbranched alkanes of at least 4 members (excludes halogenated alkanes) is 18. The van der Waals surface area contributed by atoms with Crippen molar-refractivity contribution in [3.05, 3.63) is 47.5 Å². The van der Waals surface area contributed by atoms with Crippen LogP contribution in [0.15, 0.2) is 46.2 Å². The molecular formula is C36H58O7S2. The lowest BCUT2D eigenvalue weighted by Gasteiger charge is -2.18. The normalized spacial score (nSPS) is 12.1. The summed E-state index contributed by atoms with van der Waals surface area (Å²) in [5.41, 5.74) is 2.12. The van der Waals surface area contributed by atoms with Crippen LogP contribution in [0.3, 0.4) is 0 Å². The van der Waals surface area contributed by atoms with Crippen LogP contribution in [0.25, 0.3) is 0 Å². The summed E-state index contributed by atoms with van der Waals surface area (Å²) in [5.74, 6) is 0.0981. The molecule has 2 aromatic rings. The van der Waals surface area contributed by atoms with Crippen molar-refractivity contribution >= 4 is 20.2 Å². The molecule has 0 aliphatic rings. The minimum atomic E-state index is -5.02. The van der Waals surface area contributed by atoms with E-state index in [2.05, 4.69) is 19.9 Å². The van der Waals surface area contributed by atoms with Crippen LogP contribution in [0.1, 0.15) is 153 Å². The maximum Gasteiger partial charge on any atom is 0.299 e. The van der Waals surface area contributed by atoms with Crippen molar-refractivity contribution in [1.29, 1.82) is 0 Å². The molecule has 2 rings (SSSR count). The number of hydrogen-bond donors (Lipinski definition) is 2. The smallest absolute Gasteiger partial charge is 0.299 e. The molecule has 256 valence electrons. The molecule has 0 atom stereocenters. The second kappa shape index (κ2) is 21.8. The second-order valence-electron chi connectivity index (χ2n) is 12.4. The van der Waals surface area contributed by atoms with Crippen LogP contribution in [-0.2, 0) is 33.1 Å². The average Bonchev–Trinajstić information content (AvgIpc) is 2.99. The third kappa shape index (κ3) is 15.5.